The van der Waals surface area contributed by atoms with Crippen LogP contribution in [-0.2, 0) is 14.1 Å². The summed E-state index contributed by atoms with van der Waals surface area (Å²) in [5.74, 6) is -0.269. The van der Waals surface area contributed by atoms with Crippen molar-refractivity contribution < 1.29 is 4.79 Å². The highest BCUT2D eigenvalue weighted by molar-refractivity contribution is 7.13. The highest BCUT2D eigenvalue weighted by Gasteiger charge is 2.14. The number of carbonyl (C=O) groups is 1. The van der Waals surface area contributed by atoms with Gasteiger partial charge in [-0.25, -0.2) is 9.97 Å². The number of thiazole rings is 1. The number of anilines is 1. The molecule has 1 N–H and O–H groups in total. The fourth-order valence-electron chi connectivity index (χ4n) is 2.61. The largest absolute Gasteiger partial charge is 0.319 e. The van der Waals surface area contributed by atoms with E-state index < -0.39 is 0 Å². The molecule has 1 amide bonds. The van der Waals surface area contributed by atoms with Crippen LogP contribution in [0.4, 0.5) is 5.69 Å². The van der Waals surface area contributed by atoms with Gasteiger partial charge in [-0.05, 0) is 13.0 Å². The van der Waals surface area contributed by atoms with Crippen LogP contribution in [0.2, 0.25) is 0 Å². The topological polar surface area (TPSA) is 90.5 Å². The lowest BCUT2D eigenvalue weighted by molar-refractivity contribution is 0.102. The second-order valence-corrected chi connectivity index (χ2v) is 6.56. The van der Waals surface area contributed by atoms with E-state index in [9.17, 15) is 4.79 Å². The lowest BCUT2D eigenvalue weighted by Gasteiger charge is -2.03. The lowest BCUT2D eigenvalue weighted by atomic mass is 10.2. The molecule has 0 saturated heterocycles. The first-order chi connectivity index (χ1) is 12.0. The highest BCUT2D eigenvalue weighted by Crippen LogP contribution is 2.24. The maximum atomic E-state index is 12.5. The van der Waals surface area contributed by atoms with Crippen LogP contribution >= 0.6 is 11.3 Å². The summed E-state index contributed by atoms with van der Waals surface area (Å²) in [6, 6.07) is 1.87. The number of rotatable bonds is 3. The second kappa shape index (κ2) is 5.78. The number of aryl methyl sites for hydroxylation is 3. The minimum absolute atomic E-state index is 0.269. The summed E-state index contributed by atoms with van der Waals surface area (Å²) in [6.07, 6.45) is 5.21. The molecule has 0 fully saturated rings. The minimum Gasteiger partial charge on any atom is -0.319 e. The zero-order valence-electron chi connectivity index (χ0n) is 13.9. The van der Waals surface area contributed by atoms with Crippen LogP contribution in [0.15, 0.2) is 30.0 Å². The van der Waals surface area contributed by atoms with E-state index in [1.54, 1.807) is 27.1 Å². The minimum atomic E-state index is -0.269. The quantitative estimate of drug-likeness (QED) is 0.611. The number of pyridine rings is 1. The van der Waals surface area contributed by atoms with Gasteiger partial charge in [0.05, 0.1) is 23.8 Å². The van der Waals surface area contributed by atoms with Gasteiger partial charge < -0.3 is 5.32 Å². The van der Waals surface area contributed by atoms with Crippen LogP contribution in [-0.4, -0.2) is 35.4 Å². The fraction of sp³-hybridized carbons (Fsp3) is 0.188. The van der Waals surface area contributed by atoms with Gasteiger partial charge in [0.25, 0.3) is 5.91 Å². The van der Waals surface area contributed by atoms with Crippen molar-refractivity contribution in [3.63, 3.8) is 0 Å². The van der Waals surface area contributed by atoms with Gasteiger partial charge in [0.1, 0.15) is 10.7 Å². The molecule has 0 aliphatic rings. The van der Waals surface area contributed by atoms with Crippen molar-refractivity contribution in [2.45, 2.75) is 6.92 Å². The Balaban J connectivity index is 1.58. The Hall–Kier alpha value is -3.07. The summed E-state index contributed by atoms with van der Waals surface area (Å²) in [4.78, 5) is 21.2. The standard InChI is InChI=1S/C16H15N7OS/c1-9-12-4-11(6-17-14(12)23(3)21-9)19-15(24)13-8-25-16(20-13)10-5-18-22(2)7-10/h4-8H,1-3H3,(H,19,24). The summed E-state index contributed by atoms with van der Waals surface area (Å²) < 4.78 is 3.42. The van der Waals surface area contributed by atoms with Crippen molar-refractivity contribution in [2.75, 3.05) is 5.32 Å². The molecule has 9 heteroatoms. The van der Waals surface area contributed by atoms with Crippen LogP contribution in [0, 0.1) is 6.92 Å². The van der Waals surface area contributed by atoms with E-state index in [1.807, 2.05) is 33.3 Å². The SMILES string of the molecule is Cc1nn(C)c2ncc(NC(=O)c3csc(-c4cnn(C)c4)n3)cc12. The Morgan fingerprint density at radius 3 is 2.88 bits per heavy atom. The van der Waals surface area contributed by atoms with Crippen LogP contribution in [0.5, 0.6) is 0 Å². The molecule has 0 saturated carbocycles. The van der Waals surface area contributed by atoms with E-state index in [1.165, 1.54) is 11.3 Å². The molecule has 8 nitrogen and oxygen atoms in total. The predicted molar refractivity (Wildman–Crippen MR) is 95.5 cm³/mol. The van der Waals surface area contributed by atoms with Crippen molar-refractivity contribution in [1.29, 1.82) is 0 Å². The molecule has 4 heterocycles. The first-order valence-electron chi connectivity index (χ1n) is 7.56. The van der Waals surface area contributed by atoms with E-state index in [4.69, 9.17) is 0 Å². The third-order valence-corrected chi connectivity index (χ3v) is 4.70. The van der Waals surface area contributed by atoms with Crippen molar-refractivity contribution in [3.05, 3.63) is 41.4 Å². The molecule has 0 atom stereocenters. The third kappa shape index (κ3) is 2.78. The summed E-state index contributed by atoms with van der Waals surface area (Å²) in [6.45, 7) is 1.91. The lowest BCUT2D eigenvalue weighted by Crippen LogP contribution is -2.12. The molecule has 4 rings (SSSR count). The van der Waals surface area contributed by atoms with Gasteiger partial charge in [0.2, 0.25) is 0 Å². The normalized spacial score (nSPS) is 11.2. The Labute approximate surface area is 147 Å². The van der Waals surface area contributed by atoms with Crippen molar-refractivity contribution >= 4 is 34.0 Å². The third-order valence-electron chi connectivity index (χ3n) is 3.81. The Kier molecular flexibility index (Phi) is 3.57. The van der Waals surface area contributed by atoms with E-state index in [2.05, 4.69) is 25.5 Å². The van der Waals surface area contributed by atoms with Gasteiger partial charge in [-0.15, -0.1) is 11.3 Å². The number of nitrogens with one attached hydrogen (secondary N) is 1. The second-order valence-electron chi connectivity index (χ2n) is 5.70. The molecule has 25 heavy (non-hydrogen) atoms. The first kappa shape index (κ1) is 15.5. The molecule has 0 aromatic carbocycles. The number of hydrogen-bond donors (Lipinski definition) is 1. The predicted octanol–water partition coefficient (Wildman–Crippen LogP) is 2.39. The number of hydrogen-bond acceptors (Lipinski definition) is 6. The first-order valence-corrected chi connectivity index (χ1v) is 8.44. The maximum absolute atomic E-state index is 12.5. The molecule has 0 radical (unpaired) electrons. The Bertz CT molecular complexity index is 1090. The molecule has 0 spiro atoms. The molecule has 4 aromatic rings. The molecule has 0 bridgehead atoms. The monoisotopic (exact) mass is 353 g/mol. The highest BCUT2D eigenvalue weighted by atomic mass is 32.1. The Morgan fingerprint density at radius 2 is 2.12 bits per heavy atom. The van der Waals surface area contributed by atoms with E-state index in [0.717, 1.165) is 27.3 Å². The van der Waals surface area contributed by atoms with Crippen molar-refractivity contribution in [1.82, 2.24) is 29.5 Å². The van der Waals surface area contributed by atoms with Crippen LogP contribution < -0.4 is 5.32 Å². The molecular formula is C16H15N7OS. The zero-order valence-corrected chi connectivity index (χ0v) is 14.7. The van der Waals surface area contributed by atoms with Crippen LogP contribution in [0.1, 0.15) is 16.2 Å². The fourth-order valence-corrected chi connectivity index (χ4v) is 3.39. The number of fused-ring (bicyclic) bond motifs is 1. The molecule has 0 aliphatic heterocycles. The zero-order chi connectivity index (χ0) is 17.6. The van der Waals surface area contributed by atoms with E-state index >= 15 is 0 Å². The van der Waals surface area contributed by atoms with Crippen LogP contribution in [0.25, 0.3) is 21.6 Å². The smallest absolute Gasteiger partial charge is 0.275 e. The van der Waals surface area contributed by atoms with Gasteiger partial charge in [-0.2, -0.15) is 10.2 Å². The van der Waals surface area contributed by atoms with Gasteiger partial charge in [-0.3, -0.25) is 14.2 Å². The molecule has 0 aliphatic carbocycles. The maximum Gasteiger partial charge on any atom is 0.275 e. The summed E-state index contributed by atoms with van der Waals surface area (Å²) in [7, 11) is 3.68. The average molecular weight is 353 g/mol. The summed E-state index contributed by atoms with van der Waals surface area (Å²) in [5.41, 5.74) is 3.52. The van der Waals surface area contributed by atoms with E-state index in [0.29, 0.717) is 11.4 Å². The van der Waals surface area contributed by atoms with Gasteiger partial charge >= 0.3 is 0 Å². The van der Waals surface area contributed by atoms with Gasteiger partial charge in [0.15, 0.2) is 5.65 Å². The number of aromatic nitrogens is 6. The van der Waals surface area contributed by atoms with Crippen molar-refractivity contribution in [3.8, 4) is 10.6 Å². The summed E-state index contributed by atoms with van der Waals surface area (Å²) >= 11 is 1.41. The van der Waals surface area contributed by atoms with Crippen LogP contribution in [0.3, 0.4) is 0 Å². The van der Waals surface area contributed by atoms with Gasteiger partial charge in [0, 0.05) is 36.6 Å². The Morgan fingerprint density at radius 1 is 1.28 bits per heavy atom. The van der Waals surface area contributed by atoms with E-state index in [-0.39, 0.29) is 5.91 Å². The molecule has 4 aromatic heterocycles. The van der Waals surface area contributed by atoms with Gasteiger partial charge in [-0.1, -0.05) is 0 Å². The number of carbonyl (C=O) groups excluding carboxylic acids is 1. The summed E-state index contributed by atoms with van der Waals surface area (Å²) in [5, 5.41) is 14.7. The number of nitrogens with zero attached hydrogens (tertiary/aromatic N) is 6. The molecular weight excluding hydrogens is 338 g/mol. The molecule has 0 unspecified atom stereocenters. The number of amides is 1. The molecule has 126 valence electrons. The average Bonchev–Trinajstić information content (AvgIpc) is 3.28. The van der Waals surface area contributed by atoms with Crippen molar-refractivity contribution in [2.24, 2.45) is 14.1 Å².